The molecule has 0 saturated heterocycles. The zero-order chi connectivity index (χ0) is 21.9. The first-order valence-corrected chi connectivity index (χ1v) is 8.66. The van der Waals surface area contributed by atoms with Gasteiger partial charge in [-0.1, -0.05) is 0 Å². The maximum absolute atomic E-state index is 12.0. The molecule has 29 heavy (non-hydrogen) atoms. The summed E-state index contributed by atoms with van der Waals surface area (Å²) in [6.07, 6.45) is 0.105. The summed E-state index contributed by atoms with van der Waals surface area (Å²) in [4.78, 5) is 71.1. The summed E-state index contributed by atoms with van der Waals surface area (Å²) in [7, 11) is 5.49. The molecule has 2 rings (SSSR count). The van der Waals surface area contributed by atoms with E-state index in [0.29, 0.717) is 0 Å². The lowest BCUT2D eigenvalue weighted by atomic mass is 10.2. The molecule has 0 atom stereocenters. The van der Waals surface area contributed by atoms with Crippen molar-refractivity contribution >= 4 is 23.5 Å². The molecule has 0 bridgehead atoms. The van der Waals surface area contributed by atoms with Crippen molar-refractivity contribution in [2.45, 2.75) is 19.3 Å². The van der Waals surface area contributed by atoms with Gasteiger partial charge in [-0.15, -0.1) is 0 Å². The van der Waals surface area contributed by atoms with Crippen LogP contribution in [0.1, 0.15) is 19.3 Å². The summed E-state index contributed by atoms with van der Waals surface area (Å²) in [6, 6.07) is 2.25. The van der Waals surface area contributed by atoms with Crippen LogP contribution in [0.15, 0.2) is 31.3 Å². The molecule has 2 aromatic heterocycles. The van der Waals surface area contributed by atoms with Gasteiger partial charge in [-0.2, -0.15) is 0 Å². The fourth-order valence-electron chi connectivity index (χ4n) is 2.53. The molecule has 0 aliphatic heterocycles. The second-order valence-electron chi connectivity index (χ2n) is 6.49. The highest BCUT2D eigenvalue weighted by Crippen LogP contribution is 2.05. The minimum atomic E-state index is -0.577. The number of amides is 2. The Morgan fingerprint density at radius 2 is 1.03 bits per heavy atom. The van der Waals surface area contributed by atoms with E-state index < -0.39 is 34.3 Å². The predicted molar refractivity (Wildman–Crippen MR) is 105 cm³/mol. The molecule has 12 heteroatoms. The van der Waals surface area contributed by atoms with Gasteiger partial charge in [0.2, 0.25) is 11.8 Å². The highest BCUT2D eigenvalue weighted by Gasteiger charge is 2.12. The zero-order valence-electron chi connectivity index (χ0n) is 16.5. The summed E-state index contributed by atoms with van der Waals surface area (Å²) >= 11 is 0. The van der Waals surface area contributed by atoms with E-state index in [0.717, 1.165) is 30.4 Å². The van der Waals surface area contributed by atoms with E-state index in [2.05, 4.69) is 10.6 Å². The summed E-state index contributed by atoms with van der Waals surface area (Å²) < 4.78 is 4.07. The molecular weight excluding hydrogens is 384 g/mol. The van der Waals surface area contributed by atoms with Crippen molar-refractivity contribution in [3.63, 3.8) is 0 Å². The first kappa shape index (κ1) is 21.6. The SMILES string of the molecule is Cn1c(NC(=O)CCCC(=O)Nc2cc(=O)n(C)c(=O)n2C)cc(=O)n(C)c1=O. The molecule has 0 aromatic carbocycles. The molecule has 0 saturated carbocycles. The first-order valence-electron chi connectivity index (χ1n) is 8.66. The number of hydrogen-bond acceptors (Lipinski definition) is 6. The highest BCUT2D eigenvalue weighted by atomic mass is 16.2. The first-order chi connectivity index (χ1) is 13.5. The van der Waals surface area contributed by atoms with Crippen molar-refractivity contribution in [1.29, 1.82) is 0 Å². The Morgan fingerprint density at radius 1 is 0.690 bits per heavy atom. The summed E-state index contributed by atoms with van der Waals surface area (Å²) in [5.41, 5.74) is -2.26. The van der Waals surface area contributed by atoms with E-state index in [-0.39, 0.29) is 30.9 Å². The Labute approximate surface area is 164 Å². The third-order valence-corrected chi connectivity index (χ3v) is 4.39. The lowest BCUT2D eigenvalue weighted by molar-refractivity contribution is -0.117. The molecule has 2 aromatic rings. The van der Waals surface area contributed by atoms with Gasteiger partial charge in [0.25, 0.3) is 11.1 Å². The lowest BCUT2D eigenvalue weighted by Crippen LogP contribution is -2.38. The third-order valence-electron chi connectivity index (χ3n) is 4.39. The quantitative estimate of drug-likeness (QED) is 0.580. The molecule has 156 valence electrons. The summed E-state index contributed by atoms with van der Waals surface area (Å²) in [6.45, 7) is 0. The predicted octanol–water partition coefficient (Wildman–Crippen LogP) is -1.77. The van der Waals surface area contributed by atoms with E-state index >= 15 is 0 Å². The van der Waals surface area contributed by atoms with Crippen LogP contribution in [0.5, 0.6) is 0 Å². The molecule has 2 N–H and O–H groups in total. The number of hydrogen-bond donors (Lipinski definition) is 2. The average molecular weight is 406 g/mol. The van der Waals surface area contributed by atoms with Crippen molar-refractivity contribution in [2.75, 3.05) is 10.6 Å². The molecule has 0 fully saturated rings. The van der Waals surface area contributed by atoms with Crippen LogP contribution >= 0.6 is 0 Å². The molecule has 2 amide bonds. The van der Waals surface area contributed by atoms with Crippen LogP contribution in [0, 0.1) is 0 Å². The number of carbonyl (C=O) groups excluding carboxylic acids is 2. The number of aromatic nitrogens is 4. The number of rotatable bonds is 6. The molecule has 0 aliphatic carbocycles. The number of nitrogens with one attached hydrogen (secondary N) is 2. The molecule has 0 spiro atoms. The Balaban J connectivity index is 1.94. The van der Waals surface area contributed by atoms with Crippen molar-refractivity contribution in [3.8, 4) is 0 Å². The van der Waals surface area contributed by atoms with E-state index in [1.165, 1.54) is 28.2 Å². The van der Waals surface area contributed by atoms with Crippen molar-refractivity contribution in [2.24, 2.45) is 28.2 Å². The molecule has 12 nitrogen and oxygen atoms in total. The minimum Gasteiger partial charge on any atom is -0.312 e. The van der Waals surface area contributed by atoms with Gasteiger partial charge in [-0.25, -0.2) is 9.59 Å². The molecule has 0 unspecified atom stereocenters. The largest absolute Gasteiger partial charge is 0.332 e. The maximum Gasteiger partial charge on any atom is 0.332 e. The van der Waals surface area contributed by atoms with Gasteiger partial charge < -0.3 is 10.6 Å². The highest BCUT2D eigenvalue weighted by molar-refractivity contribution is 5.92. The fourth-order valence-corrected chi connectivity index (χ4v) is 2.53. The Hall–Kier alpha value is -3.70. The van der Waals surface area contributed by atoms with Gasteiger partial charge in [0, 0.05) is 53.2 Å². The van der Waals surface area contributed by atoms with Crippen LogP contribution in [0.25, 0.3) is 0 Å². The van der Waals surface area contributed by atoms with Gasteiger partial charge in [-0.3, -0.25) is 37.4 Å². The van der Waals surface area contributed by atoms with Crippen LogP contribution in [-0.4, -0.2) is 30.1 Å². The molecule has 0 radical (unpaired) electrons. The third kappa shape index (κ3) is 4.78. The molecular formula is C17H22N6O6. The van der Waals surface area contributed by atoms with E-state index in [4.69, 9.17) is 0 Å². The number of anilines is 2. The van der Waals surface area contributed by atoms with Crippen molar-refractivity contribution in [1.82, 2.24) is 18.3 Å². The second-order valence-corrected chi connectivity index (χ2v) is 6.49. The van der Waals surface area contributed by atoms with Gasteiger partial charge in [-0.05, 0) is 6.42 Å². The normalized spacial score (nSPS) is 10.6. The van der Waals surface area contributed by atoms with Gasteiger partial charge in [0.15, 0.2) is 0 Å². The topological polar surface area (TPSA) is 146 Å². The standard InChI is InChI=1S/C17H22N6O6/c1-20-10(8-14(26)22(3)16(20)28)18-12(24)6-5-7-13(25)19-11-9-15(27)23(4)17(29)21(11)2/h8-9H,5-7H2,1-4H3,(H,18,24)(H,19,25). The zero-order valence-corrected chi connectivity index (χ0v) is 16.5. The molecule has 0 aliphatic rings. The van der Waals surface area contributed by atoms with Gasteiger partial charge in [0.1, 0.15) is 11.6 Å². The summed E-state index contributed by atoms with van der Waals surface area (Å²) in [5.74, 6) is -0.825. The monoisotopic (exact) mass is 406 g/mol. The average Bonchev–Trinajstić information content (AvgIpc) is 2.66. The fraction of sp³-hybridized carbons (Fsp3) is 0.412. The van der Waals surface area contributed by atoms with Crippen LogP contribution in [0.3, 0.4) is 0 Å². The lowest BCUT2D eigenvalue weighted by Gasteiger charge is -2.11. The van der Waals surface area contributed by atoms with Crippen LogP contribution < -0.4 is 33.1 Å². The summed E-state index contributed by atoms with van der Waals surface area (Å²) in [5, 5.41) is 4.92. The van der Waals surface area contributed by atoms with Gasteiger partial charge >= 0.3 is 11.4 Å². The number of carbonyl (C=O) groups is 2. The van der Waals surface area contributed by atoms with Crippen molar-refractivity contribution < 1.29 is 9.59 Å². The smallest absolute Gasteiger partial charge is 0.312 e. The van der Waals surface area contributed by atoms with Crippen LogP contribution in [0.4, 0.5) is 11.6 Å². The van der Waals surface area contributed by atoms with Crippen molar-refractivity contribution in [3.05, 3.63) is 53.8 Å². The molecule has 2 heterocycles. The Morgan fingerprint density at radius 3 is 1.38 bits per heavy atom. The van der Waals surface area contributed by atoms with Crippen LogP contribution in [0.2, 0.25) is 0 Å². The van der Waals surface area contributed by atoms with E-state index in [1.54, 1.807) is 0 Å². The minimum absolute atomic E-state index is 0.0354. The van der Waals surface area contributed by atoms with Gasteiger partial charge in [0.05, 0.1) is 0 Å². The van der Waals surface area contributed by atoms with E-state index in [9.17, 15) is 28.8 Å². The van der Waals surface area contributed by atoms with E-state index in [1.807, 2.05) is 0 Å². The number of nitrogens with zero attached hydrogens (tertiary/aromatic N) is 4. The Bertz CT molecular complexity index is 1110. The van der Waals surface area contributed by atoms with Crippen LogP contribution in [-0.2, 0) is 37.8 Å². The Kier molecular flexibility index (Phi) is 6.36. The second kappa shape index (κ2) is 8.54. The maximum atomic E-state index is 12.0.